The van der Waals surface area contributed by atoms with Crippen molar-refractivity contribution in [1.29, 1.82) is 0 Å². The number of hydrogen-bond acceptors (Lipinski definition) is 4. The van der Waals surface area contributed by atoms with Crippen LogP contribution in [-0.2, 0) is 9.59 Å². The maximum atomic E-state index is 12.9. The Bertz CT molecular complexity index is 1110. The van der Waals surface area contributed by atoms with Gasteiger partial charge in [-0.3, -0.25) is 14.7 Å². The fraction of sp³-hybridized carbons (Fsp3) is 0.286. The van der Waals surface area contributed by atoms with Crippen LogP contribution >= 0.6 is 15.9 Å². The molecule has 0 saturated heterocycles. The van der Waals surface area contributed by atoms with Crippen LogP contribution < -0.4 is 10.6 Å². The maximum Gasteiger partial charge on any atom is 0.241 e. The molecule has 150 valence electrons. The molecule has 1 aromatic carbocycles. The maximum absolute atomic E-state index is 12.9. The number of rotatable bonds is 5. The van der Waals surface area contributed by atoms with E-state index in [4.69, 9.17) is 4.42 Å². The van der Waals surface area contributed by atoms with E-state index in [1.165, 1.54) is 0 Å². The summed E-state index contributed by atoms with van der Waals surface area (Å²) in [5, 5.41) is 12.8. The van der Waals surface area contributed by atoms with Crippen LogP contribution in [0.15, 0.2) is 39.2 Å². The fourth-order valence-corrected chi connectivity index (χ4v) is 3.46. The van der Waals surface area contributed by atoms with Crippen LogP contribution in [0, 0.1) is 26.2 Å². The number of nitrogens with zero attached hydrogens (tertiary/aromatic N) is 1. The van der Waals surface area contributed by atoms with Crippen LogP contribution in [0.3, 0.4) is 0 Å². The Kier molecular flexibility index (Phi) is 4.82. The number of benzene rings is 1. The largest absolute Gasteiger partial charge is 0.460 e. The molecule has 0 bridgehead atoms. The number of halogens is 1. The number of amides is 2. The predicted octanol–water partition coefficient (Wildman–Crippen LogP) is 4.71. The van der Waals surface area contributed by atoms with Crippen LogP contribution in [0.2, 0.25) is 0 Å². The summed E-state index contributed by atoms with van der Waals surface area (Å²) in [4.78, 5) is 25.7. The van der Waals surface area contributed by atoms with Crippen LogP contribution in [0.4, 0.5) is 11.5 Å². The van der Waals surface area contributed by atoms with Crippen molar-refractivity contribution in [1.82, 2.24) is 10.2 Å². The monoisotopic (exact) mass is 456 g/mol. The Labute approximate surface area is 176 Å². The molecule has 2 amide bonds. The molecule has 8 heteroatoms. The third-order valence-electron chi connectivity index (χ3n) is 5.26. The average molecular weight is 457 g/mol. The molecule has 0 aliphatic heterocycles. The first-order valence-electron chi connectivity index (χ1n) is 9.31. The molecule has 0 spiro atoms. The van der Waals surface area contributed by atoms with Gasteiger partial charge in [0.25, 0.3) is 0 Å². The van der Waals surface area contributed by atoms with E-state index in [-0.39, 0.29) is 11.8 Å². The molecule has 3 aromatic rings. The number of carbonyl (C=O) groups is 2. The molecule has 2 aromatic heterocycles. The standard InChI is InChI=1S/C21H21BrN4O3/c1-11-10-14(5-6-15(11)22)23-19(27)21(8-9-21)20(28)24-18-13(3)17(25-26-18)16-7-4-12(2)29-16/h4-7,10H,8-9H2,1-3H3,(H,23,27)(H2,24,25,26,28). The van der Waals surface area contributed by atoms with E-state index in [1.807, 2.05) is 45.0 Å². The van der Waals surface area contributed by atoms with E-state index in [1.54, 1.807) is 6.07 Å². The zero-order valence-corrected chi connectivity index (χ0v) is 17.9. The molecule has 4 rings (SSSR count). The van der Waals surface area contributed by atoms with Gasteiger partial charge in [-0.25, -0.2) is 0 Å². The van der Waals surface area contributed by atoms with E-state index in [0.717, 1.165) is 21.4 Å². The normalized spacial score (nSPS) is 14.5. The minimum absolute atomic E-state index is 0.299. The number of aryl methyl sites for hydroxylation is 2. The summed E-state index contributed by atoms with van der Waals surface area (Å²) in [6.07, 6.45) is 1.02. The van der Waals surface area contributed by atoms with Gasteiger partial charge in [0.05, 0.1) is 0 Å². The van der Waals surface area contributed by atoms with Gasteiger partial charge in [0, 0.05) is 15.7 Å². The Morgan fingerprint density at radius 3 is 2.45 bits per heavy atom. The van der Waals surface area contributed by atoms with Crippen molar-refractivity contribution in [3.63, 3.8) is 0 Å². The second-order valence-corrected chi connectivity index (χ2v) is 8.29. The highest BCUT2D eigenvalue weighted by molar-refractivity contribution is 9.10. The molecule has 1 aliphatic rings. The summed E-state index contributed by atoms with van der Waals surface area (Å²) >= 11 is 3.44. The number of H-pyrrole nitrogens is 1. The van der Waals surface area contributed by atoms with Gasteiger partial charge in [0.1, 0.15) is 16.9 Å². The Morgan fingerprint density at radius 2 is 1.83 bits per heavy atom. The van der Waals surface area contributed by atoms with Crippen LogP contribution in [0.25, 0.3) is 11.5 Å². The van der Waals surface area contributed by atoms with Crippen molar-refractivity contribution >= 4 is 39.2 Å². The SMILES string of the molecule is Cc1ccc(-c2[nH]nc(NC(=O)C3(C(=O)Nc4ccc(Br)c(C)c4)CC3)c2C)o1. The molecule has 7 nitrogen and oxygen atoms in total. The summed E-state index contributed by atoms with van der Waals surface area (Å²) in [7, 11) is 0. The topological polar surface area (TPSA) is 100 Å². The highest BCUT2D eigenvalue weighted by Crippen LogP contribution is 2.47. The lowest BCUT2D eigenvalue weighted by Crippen LogP contribution is -2.35. The van der Waals surface area contributed by atoms with Crippen molar-refractivity contribution in [2.24, 2.45) is 5.41 Å². The lowest BCUT2D eigenvalue weighted by Gasteiger charge is -2.15. The Morgan fingerprint density at radius 1 is 1.10 bits per heavy atom. The summed E-state index contributed by atoms with van der Waals surface area (Å²) in [6.45, 7) is 5.65. The number of aromatic amines is 1. The van der Waals surface area contributed by atoms with Crippen LogP contribution in [0.1, 0.15) is 29.7 Å². The molecule has 1 aliphatic carbocycles. The Hall–Kier alpha value is -2.87. The fourth-order valence-electron chi connectivity index (χ4n) is 3.21. The molecular weight excluding hydrogens is 436 g/mol. The zero-order chi connectivity index (χ0) is 20.8. The van der Waals surface area contributed by atoms with Gasteiger partial charge in [-0.05, 0) is 69.5 Å². The van der Waals surface area contributed by atoms with Gasteiger partial charge in [-0.2, -0.15) is 5.10 Å². The van der Waals surface area contributed by atoms with E-state index in [0.29, 0.717) is 35.8 Å². The Balaban J connectivity index is 1.49. The summed E-state index contributed by atoms with van der Waals surface area (Å²) in [6, 6.07) is 9.25. The highest BCUT2D eigenvalue weighted by atomic mass is 79.9. The molecule has 0 atom stereocenters. The van der Waals surface area contributed by atoms with Crippen molar-refractivity contribution in [3.8, 4) is 11.5 Å². The van der Waals surface area contributed by atoms with Gasteiger partial charge in [0.15, 0.2) is 11.6 Å². The van der Waals surface area contributed by atoms with Gasteiger partial charge >= 0.3 is 0 Å². The lowest BCUT2D eigenvalue weighted by molar-refractivity contribution is -0.131. The van der Waals surface area contributed by atoms with Crippen LogP contribution in [0.5, 0.6) is 0 Å². The summed E-state index contributed by atoms with van der Waals surface area (Å²) in [5.41, 5.74) is 2.07. The van der Waals surface area contributed by atoms with Crippen molar-refractivity contribution < 1.29 is 14.0 Å². The molecule has 1 saturated carbocycles. The number of anilines is 2. The second kappa shape index (κ2) is 7.18. The second-order valence-electron chi connectivity index (χ2n) is 7.44. The number of nitrogens with one attached hydrogen (secondary N) is 3. The summed E-state index contributed by atoms with van der Waals surface area (Å²) in [5.74, 6) is 1.19. The van der Waals surface area contributed by atoms with E-state index in [2.05, 4.69) is 36.8 Å². The molecule has 2 heterocycles. The quantitative estimate of drug-likeness (QED) is 0.483. The minimum Gasteiger partial charge on any atom is -0.460 e. The smallest absolute Gasteiger partial charge is 0.241 e. The molecule has 0 radical (unpaired) electrons. The van der Waals surface area contributed by atoms with Gasteiger partial charge < -0.3 is 15.1 Å². The van der Waals surface area contributed by atoms with Gasteiger partial charge in [-0.15, -0.1) is 0 Å². The van der Waals surface area contributed by atoms with E-state index < -0.39 is 5.41 Å². The third kappa shape index (κ3) is 3.60. The van der Waals surface area contributed by atoms with Crippen LogP contribution in [-0.4, -0.2) is 22.0 Å². The molecular formula is C21H21BrN4O3. The van der Waals surface area contributed by atoms with Gasteiger partial charge in [-0.1, -0.05) is 15.9 Å². The predicted molar refractivity (Wildman–Crippen MR) is 114 cm³/mol. The first-order chi connectivity index (χ1) is 13.8. The number of carbonyl (C=O) groups excluding carboxylic acids is 2. The minimum atomic E-state index is -1.06. The zero-order valence-electron chi connectivity index (χ0n) is 16.4. The van der Waals surface area contributed by atoms with Crippen molar-refractivity contribution in [2.45, 2.75) is 33.6 Å². The van der Waals surface area contributed by atoms with E-state index in [9.17, 15) is 9.59 Å². The highest BCUT2D eigenvalue weighted by Gasteiger charge is 2.56. The summed E-state index contributed by atoms with van der Waals surface area (Å²) < 4.78 is 6.58. The van der Waals surface area contributed by atoms with E-state index >= 15 is 0 Å². The first-order valence-corrected chi connectivity index (χ1v) is 10.1. The number of furan rings is 1. The molecule has 3 N–H and O–H groups in total. The molecule has 29 heavy (non-hydrogen) atoms. The number of aromatic nitrogens is 2. The van der Waals surface area contributed by atoms with Gasteiger partial charge in [0.2, 0.25) is 11.8 Å². The average Bonchev–Trinajstić information content (AvgIpc) is 3.28. The molecule has 1 fully saturated rings. The third-order valence-corrected chi connectivity index (χ3v) is 6.15. The first kappa shape index (κ1) is 19.4. The van der Waals surface area contributed by atoms with Crippen molar-refractivity contribution in [3.05, 3.63) is 51.7 Å². The molecule has 0 unspecified atom stereocenters. The number of hydrogen-bond donors (Lipinski definition) is 3. The lowest BCUT2D eigenvalue weighted by atomic mass is 10.0. The van der Waals surface area contributed by atoms with Crippen molar-refractivity contribution in [2.75, 3.05) is 10.6 Å².